The van der Waals surface area contributed by atoms with E-state index in [1.807, 2.05) is 62.4 Å². The zero-order valence-electron chi connectivity index (χ0n) is 15.6. The van der Waals surface area contributed by atoms with Crippen LogP contribution in [0.2, 0.25) is 0 Å². The smallest absolute Gasteiger partial charge is 0.294 e. The lowest BCUT2D eigenvalue weighted by molar-refractivity contribution is -0.127. The minimum Gasteiger partial charge on any atom is -0.325 e. The van der Waals surface area contributed by atoms with E-state index < -0.39 is 17.1 Å². The Hall–Kier alpha value is -3.12. The fraction of sp³-hybridized carbons (Fsp3) is 0.136. The molecule has 0 aromatic heterocycles. The van der Waals surface area contributed by atoms with Crippen molar-refractivity contribution in [3.8, 4) is 0 Å². The Bertz CT molecular complexity index is 963. The van der Waals surface area contributed by atoms with Crippen LogP contribution in [0, 0.1) is 6.92 Å². The molecule has 1 aliphatic rings. The molecule has 0 spiro atoms. The first-order chi connectivity index (χ1) is 13.4. The minimum absolute atomic E-state index is 0.308. The van der Waals surface area contributed by atoms with Crippen LogP contribution in [0.4, 0.5) is 10.5 Å². The van der Waals surface area contributed by atoms with Crippen molar-refractivity contribution in [2.45, 2.75) is 13.8 Å². The second kappa shape index (κ2) is 8.71. The van der Waals surface area contributed by atoms with Gasteiger partial charge in [0.1, 0.15) is 6.54 Å². The van der Waals surface area contributed by atoms with Gasteiger partial charge in [-0.15, -0.1) is 0 Å². The third-order valence-electron chi connectivity index (χ3n) is 4.06. The summed E-state index contributed by atoms with van der Waals surface area (Å²) in [5, 5.41) is 2.26. The Labute approximate surface area is 168 Å². The highest BCUT2D eigenvalue weighted by Crippen LogP contribution is 2.31. The highest BCUT2D eigenvalue weighted by molar-refractivity contribution is 8.18. The van der Waals surface area contributed by atoms with Crippen LogP contribution >= 0.6 is 11.8 Å². The molecule has 0 saturated carbocycles. The minimum atomic E-state index is -0.449. The van der Waals surface area contributed by atoms with E-state index >= 15 is 0 Å². The molecule has 0 atom stereocenters. The molecule has 1 saturated heterocycles. The number of thioether (sulfide) groups is 1. The summed E-state index contributed by atoms with van der Waals surface area (Å²) >= 11 is 0.849. The average molecular weight is 392 g/mol. The van der Waals surface area contributed by atoms with Gasteiger partial charge in [-0.2, -0.15) is 0 Å². The van der Waals surface area contributed by atoms with Gasteiger partial charge in [-0.05, 0) is 55.0 Å². The maximum atomic E-state index is 12.5. The van der Waals surface area contributed by atoms with E-state index in [1.165, 1.54) is 0 Å². The van der Waals surface area contributed by atoms with E-state index in [2.05, 4.69) is 5.32 Å². The number of hydrogen-bond donors (Lipinski definition) is 1. The van der Waals surface area contributed by atoms with Crippen molar-refractivity contribution in [2.24, 2.45) is 0 Å². The molecule has 5 nitrogen and oxygen atoms in total. The van der Waals surface area contributed by atoms with Crippen LogP contribution in [-0.2, 0) is 9.59 Å². The van der Waals surface area contributed by atoms with E-state index in [9.17, 15) is 14.4 Å². The molecule has 0 radical (unpaired) electrons. The number of carbonyl (C=O) groups is 3. The number of benzene rings is 2. The van der Waals surface area contributed by atoms with Gasteiger partial charge in [-0.1, -0.05) is 54.1 Å². The topological polar surface area (TPSA) is 66.5 Å². The van der Waals surface area contributed by atoms with Gasteiger partial charge < -0.3 is 5.32 Å². The molecule has 1 heterocycles. The SMILES string of the molecule is CC(=C\c1ccccc1)/C=C1/SC(=O)N(CC(=O)Nc2ccc(C)cc2)C1=O. The summed E-state index contributed by atoms with van der Waals surface area (Å²) in [5.41, 5.74) is 3.56. The van der Waals surface area contributed by atoms with E-state index in [4.69, 9.17) is 0 Å². The van der Waals surface area contributed by atoms with Gasteiger partial charge in [0.25, 0.3) is 11.1 Å². The van der Waals surface area contributed by atoms with E-state index in [-0.39, 0.29) is 6.54 Å². The van der Waals surface area contributed by atoms with Crippen LogP contribution in [0.25, 0.3) is 6.08 Å². The zero-order chi connectivity index (χ0) is 20.1. The molecule has 3 rings (SSSR count). The molecule has 142 valence electrons. The standard InChI is InChI=1S/C22H20N2O3S/c1-15-8-10-18(11-9-15)23-20(25)14-24-21(26)19(28-22(24)27)13-16(2)12-17-6-4-3-5-7-17/h3-13H,14H2,1-2H3,(H,23,25)/b16-12+,19-13+. The molecule has 0 bridgehead atoms. The highest BCUT2D eigenvalue weighted by atomic mass is 32.2. The van der Waals surface area contributed by atoms with Crippen molar-refractivity contribution >= 4 is 40.6 Å². The molecule has 28 heavy (non-hydrogen) atoms. The average Bonchev–Trinajstić information content (AvgIpc) is 2.91. The van der Waals surface area contributed by atoms with Crippen LogP contribution in [0.15, 0.2) is 71.2 Å². The summed E-state index contributed by atoms with van der Waals surface area (Å²) in [4.78, 5) is 38.2. The number of anilines is 1. The summed E-state index contributed by atoms with van der Waals surface area (Å²) in [5.74, 6) is -0.862. The van der Waals surface area contributed by atoms with Crippen molar-refractivity contribution in [3.05, 3.63) is 82.3 Å². The highest BCUT2D eigenvalue weighted by Gasteiger charge is 2.36. The summed E-state index contributed by atoms with van der Waals surface area (Å²) in [6.07, 6.45) is 3.61. The molecule has 6 heteroatoms. The molecule has 1 aliphatic heterocycles. The first kappa shape index (κ1) is 19.6. The molecule has 0 aliphatic carbocycles. The van der Waals surface area contributed by atoms with Crippen molar-refractivity contribution in [2.75, 3.05) is 11.9 Å². The molecule has 1 N–H and O–H groups in total. The lowest BCUT2D eigenvalue weighted by atomic mass is 10.1. The van der Waals surface area contributed by atoms with E-state index in [0.717, 1.165) is 33.4 Å². The third-order valence-corrected chi connectivity index (χ3v) is 4.97. The monoisotopic (exact) mass is 392 g/mol. The zero-order valence-corrected chi connectivity index (χ0v) is 16.5. The van der Waals surface area contributed by atoms with Gasteiger partial charge in [0.05, 0.1) is 4.91 Å². The number of aryl methyl sites for hydroxylation is 1. The van der Waals surface area contributed by atoms with Crippen molar-refractivity contribution in [1.82, 2.24) is 4.90 Å². The third kappa shape index (κ3) is 4.98. The summed E-state index contributed by atoms with van der Waals surface area (Å²) in [7, 11) is 0. The molecular weight excluding hydrogens is 372 g/mol. The van der Waals surface area contributed by atoms with E-state index in [1.54, 1.807) is 18.2 Å². The van der Waals surface area contributed by atoms with Gasteiger partial charge in [0.15, 0.2) is 0 Å². The summed E-state index contributed by atoms with van der Waals surface area (Å²) in [6.45, 7) is 3.51. The Morgan fingerprint density at radius 2 is 1.75 bits per heavy atom. The van der Waals surface area contributed by atoms with Gasteiger partial charge in [-0.25, -0.2) is 0 Å². The van der Waals surface area contributed by atoms with Crippen molar-refractivity contribution in [1.29, 1.82) is 0 Å². The normalized spacial score (nSPS) is 16.0. The quantitative estimate of drug-likeness (QED) is 0.754. The number of carbonyl (C=O) groups excluding carboxylic acids is 3. The number of allylic oxidation sites excluding steroid dienone is 2. The lowest BCUT2D eigenvalue weighted by Gasteiger charge is -2.12. The predicted molar refractivity (Wildman–Crippen MR) is 113 cm³/mol. The number of amides is 3. The first-order valence-corrected chi connectivity index (χ1v) is 9.59. The number of nitrogens with zero attached hydrogens (tertiary/aromatic N) is 1. The van der Waals surface area contributed by atoms with Crippen molar-refractivity contribution in [3.63, 3.8) is 0 Å². The maximum absolute atomic E-state index is 12.5. The van der Waals surface area contributed by atoms with Gasteiger partial charge in [-0.3, -0.25) is 19.3 Å². The summed E-state index contributed by atoms with van der Waals surface area (Å²) < 4.78 is 0. The number of nitrogens with one attached hydrogen (secondary N) is 1. The Morgan fingerprint density at radius 1 is 1.07 bits per heavy atom. The van der Waals surface area contributed by atoms with Crippen LogP contribution in [-0.4, -0.2) is 28.5 Å². The molecule has 2 aromatic rings. The van der Waals surface area contributed by atoms with Crippen LogP contribution in [0.3, 0.4) is 0 Å². The van der Waals surface area contributed by atoms with E-state index in [0.29, 0.717) is 10.6 Å². The molecule has 3 amide bonds. The van der Waals surface area contributed by atoms with Crippen molar-refractivity contribution < 1.29 is 14.4 Å². The van der Waals surface area contributed by atoms with Gasteiger partial charge >= 0.3 is 0 Å². The number of hydrogen-bond acceptors (Lipinski definition) is 4. The predicted octanol–water partition coefficient (Wildman–Crippen LogP) is 4.62. The maximum Gasteiger partial charge on any atom is 0.294 e. The molecule has 2 aromatic carbocycles. The van der Waals surface area contributed by atoms with Gasteiger partial charge in [0, 0.05) is 5.69 Å². The largest absolute Gasteiger partial charge is 0.325 e. The van der Waals surface area contributed by atoms with Crippen LogP contribution in [0.1, 0.15) is 18.1 Å². The lowest BCUT2D eigenvalue weighted by Crippen LogP contribution is -2.36. The Balaban J connectivity index is 1.66. The fourth-order valence-electron chi connectivity index (χ4n) is 2.68. The number of imide groups is 1. The fourth-order valence-corrected chi connectivity index (χ4v) is 3.57. The van der Waals surface area contributed by atoms with Gasteiger partial charge in [0.2, 0.25) is 5.91 Å². The Kier molecular flexibility index (Phi) is 6.11. The second-order valence-electron chi connectivity index (χ2n) is 6.48. The second-order valence-corrected chi connectivity index (χ2v) is 7.47. The van der Waals surface area contributed by atoms with Crippen LogP contribution < -0.4 is 5.32 Å². The van der Waals surface area contributed by atoms with Crippen LogP contribution in [0.5, 0.6) is 0 Å². The first-order valence-electron chi connectivity index (χ1n) is 8.77. The summed E-state index contributed by atoms with van der Waals surface area (Å²) in [6, 6.07) is 17.0. The number of rotatable bonds is 5. The Morgan fingerprint density at radius 3 is 2.43 bits per heavy atom. The molecule has 0 unspecified atom stereocenters. The molecular formula is C22H20N2O3S. The molecule has 1 fully saturated rings.